The van der Waals surface area contributed by atoms with Crippen LogP contribution in [0, 0.1) is 5.82 Å². The van der Waals surface area contributed by atoms with E-state index in [0.29, 0.717) is 21.8 Å². The quantitative estimate of drug-likeness (QED) is 0.683. The average molecular weight is 298 g/mol. The largest absolute Gasteiger partial charge is 0.398 e. The van der Waals surface area contributed by atoms with Gasteiger partial charge in [0.15, 0.2) is 5.78 Å². The van der Waals surface area contributed by atoms with E-state index in [4.69, 9.17) is 28.9 Å². The molecule has 0 saturated carbocycles. The van der Waals surface area contributed by atoms with Gasteiger partial charge in [-0.2, -0.15) is 0 Å². The molecule has 0 amide bonds. The second-order valence-electron chi connectivity index (χ2n) is 4.07. The molecule has 2 aromatic rings. The topological polar surface area (TPSA) is 43.1 Å². The van der Waals surface area contributed by atoms with Crippen LogP contribution in [0.15, 0.2) is 36.4 Å². The Morgan fingerprint density at radius 1 is 1.11 bits per heavy atom. The smallest absolute Gasteiger partial charge is 0.167 e. The molecule has 0 atom stereocenters. The Balaban J connectivity index is 2.23. The molecular weight excluding hydrogens is 288 g/mol. The molecule has 2 N–H and O–H groups in total. The number of nitrogen functional groups attached to an aromatic ring is 1. The zero-order chi connectivity index (χ0) is 14.0. The first kappa shape index (κ1) is 13.8. The lowest BCUT2D eigenvalue weighted by Gasteiger charge is -2.05. The van der Waals surface area contributed by atoms with Crippen molar-refractivity contribution in [2.24, 2.45) is 0 Å². The van der Waals surface area contributed by atoms with Crippen molar-refractivity contribution in [1.29, 1.82) is 0 Å². The van der Waals surface area contributed by atoms with Crippen LogP contribution >= 0.6 is 23.2 Å². The van der Waals surface area contributed by atoms with Crippen LogP contribution in [0.25, 0.3) is 0 Å². The second-order valence-corrected chi connectivity index (χ2v) is 4.89. The number of hydrogen-bond acceptors (Lipinski definition) is 2. The van der Waals surface area contributed by atoms with Crippen molar-refractivity contribution in [2.75, 3.05) is 5.73 Å². The molecule has 0 unspecified atom stereocenters. The van der Waals surface area contributed by atoms with Gasteiger partial charge < -0.3 is 5.73 Å². The molecule has 0 aliphatic rings. The summed E-state index contributed by atoms with van der Waals surface area (Å²) < 4.78 is 12.9. The number of rotatable bonds is 3. The zero-order valence-electron chi connectivity index (χ0n) is 9.79. The SMILES string of the molecule is Nc1ccc(C(=O)Cc2ccc(F)cc2Cl)cc1Cl. The summed E-state index contributed by atoms with van der Waals surface area (Å²) >= 11 is 11.7. The Labute approximate surface area is 119 Å². The summed E-state index contributed by atoms with van der Waals surface area (Å²) in [6.45, 7) is 0. The van der Waals surface area contributed by atoms with E-state index in [1.54, 1.807) is 12.1 Å². The molecule has 0 bridgehead atoms. The van der Waals surface area contributed by atoms with Crippen molar-refractivity contribution in [3.63, 3.8) is 0 Å². The Morgan fingerprint density at radius 2 is 1.84 bits per heavy atom. The molecule has 0 saturated heterocycles. The molecule has 2 nitrogen and oxygen atoms in total. The highest BCUT2D eigenvalue weighted by Crippen LogP contribution is 2.23. The monoisotopic (exact) mass is 297 g/mol. The van der Waals surface area contributed by atoms with E-state index in [1.165, 1.54) is 24.3 Å². The van der Waals surface area contributed by atoms with Crippen LogP contribution in [0.3, 0.4) is 0 Å². The Bertz CT molecular complexity index is 643. The lowest BCUT2D eigenvalue weighted by molar-refractivity contribution is 0.0993. The molecule has 0 aromatic heterocycles. The van der Waals surface area contributed by atoms with E-state index in [0.717, 1.165) is 0 Å². The number of carbonyl (C=O) groups excluding carboxylic acids is 1. The predicted octanol–water partition coefficient (Wildman–Crippen LogP) is 4.14. The van der Waals surface area contributed by atoms with Crippen LogP contribution in [-0.4, -0.2) is 5.78 Å². The van der Waals surface area contributed by atoms with E-state index in [-0.39, 0.29) is 17.2 Å². The fourth-order valence-electron chi connectivity index (χ4n) is 1.64. The summed E-state index contributed by atoms with van der Waals surface area (Å²) in [5, 5.41) is 0.561. The van der Waals surface area contributed by atoms with Gasteiger partial charge in [-0.05, 0) is 35.9 Å². The maximum atomic E-state index is 12.9. The maximum Gasteiger partial charge on any atom is 0.167 e. The molecule has 0 heterocycles. The second kappa shape index (κ2) is 5.59. The lowest BCUT2D eigenvalue weighted by atomic mass is 10.0. The molecule has 98 valence electrons. The van der Waals surface area contributed by atoms with Gasteiger partial charge in [-0.1, -0.05) is 29.3 Å². The highest BCUT2D eigenvalue weighted by Gasteiger charge is 2.11. The van der Waals surface area contributed by atoms with Crippen LogP contribution in [0.5, 0.6) is 0 Å². The predicted molar refractivity (Wildman–Crippen MR) is 75.3 cm³/mol. The van der Waals surface area contributed by atoms with Gasteiger partial charge in [-0.3, -0.25) is 4.79 Å². The number of Topliss-reactive ketones (excluding diaryl/α,β-unsaturated/α-hetero) is 1. The van der Waals surface area contributed by atoms with Crippen LogP contribution in [-0.2, 0) is 6.42 Å². The number of ketones is 1. The third-order valence-corrected chi connectivity index (χ3v) is 3.37. The summed E-state index contributed by atoms with van der Waals surface area (Å²) in [6, 6.07) is 8.62. The minimum absolute atomic E-state index is 0.0827. The molecule has 2 aromatic carbocycles. The van der Waals surface area contributed by atoms with Crippen LogP contribution in [0.4, 0.5) is 10.1 Å². The summed E-state index contributed by atoms with van der Waals surface area (Å²) in [4.78, 5) is 12.1. The van der Waals surface area contributed by atoms with E-state index in [1.807, 2.05) is 0 Å². The number of halogens is 3. The van der Waals surface area contributed by atoms with Gasteiger partial charge in [0.2, 0.25) is 0 Å². The van der Waals surface area contributed by atoms with Gasteiger partial charge in [0, 0.05) is 17.0 Å². The van der Waals surface area contributed by atoms with Crippen molar-refractivity contribution in [1.82, 2.24) is 0 Å². The van der Waals surface area contributed by atoms with Crippen molar-refractivity contribution < 1.29 is 9.18 Å². The first-order valence-electron chi connectivity index (χ1n) is 5.49. The van der Waals surface area contributed by atoms with Gasteiger partial charge in [0.25, 0.3) is 0 Å². The highest BCUT2D eigenvalue weighted by atomic mass is 35.5. The van der Waals surface area contributed by atoms with Crippen LogP contribution in [0.1, 0.15) is 15.9 Å². The summed E-state index contributed by atoms with van der Waals surface area (Å²) in [7, 11) is 0. The zero-order valence-corrected chi connectivity index (χ0v) is 11.3. The van der Waals surface area contributed by atoms with Crippen LogP contribution in [0.2, 0.25) is 10.0 Å². The van der Waals surface area contributed by atoms with Gasteiger partial charge in [0.1, 0.15) is 5.82 Å². The van der Waals surface area contributed by atoms with Gasteiger partial charge in [-0.15, -0.1) is 0 Å². The summed E-state index contributed by atoms with van der Waals surface area (Å²) in [5.41, 5.74) is 7.01. The van der Waals surface area contributed by atoms with Gasteiger partial charge >= 0.3 is 0 Å². The molecular formula is C14H10Cl2FNO. The van der Waals surface area contributed by atoms with E-state index < -0.39 is 5.82 Å². The number of anilines is 1. The minimum atomic E-state index is -0.434. The Kier molecular flexibility index (Phi) is 4.08. The molecule has 0 aliphatic heterocycles. The number of carbonyl (C=O) groups is 1. The third kappa shape index (κ3) is 3.25. The van der Waals surface area contributed by atoms with E-state index in [2.05, 4.69) is 0 Å². The minimum Gasteiger partial charge on any atom is -0.398 e. The van der Waals surface area contributed by atoms with Gasteiger partial charge in [0.05, 0.1) is 10.7 Å². The van der Waals surface area contributed by atoms with Crippen LogP contribution < -0.4 is 5.73 Å². The fourth-order valence-corrected chi connectivity index (χ4v) is 2.06. The number of benzene rings is 2. The standard InChI is InChI=1S/C14H10Cl2FNO/c15-11-7-10(17)3-1-8(11)6-14(19)9-2-4-13(18)12(16)5-9/h1-5,7H,6,18H2. The van der Waals surface area contributed by atoms with E-state index >= 15 is 0 Å². The van der Waals surface area contributed by atoms with Crippen molar-refractivity contribution >= 4 is 34.7 Å². The highest BCUT2D eigenvalue weighted by molar-refractivity contribution is 6.33. The Hall–Kier alpha value is -1.58. The summed E-state index contributed by atoms with van der Waals surface area (Å²) in [5.74, 6) is -0.591. The van der Waals surface area contributed by atoms with Crippen molar-refractivity contribution in [3.05, 3.63) is 63.4 Å². The summed E-state index contributed by atoms with van der Waals surface area (Å²) in [6.07, 6.45) is 0.0827. The molecule has 2 rings (SSSR count). The fraction of sp³-hybridized carbons (Fsp3) is 0.0714. The van der Waals surface area contributed by atoms with Crippen molar-refractivity contribution in [2.45, 2.75) is 6.42 Å². The average Bonchev–Trinajstić information content (AvgIpc) is 2.36. The first-order chi connectivity index (χ1) is 8.97. The first-order valence-corrected chi connectivity index (χ1v) is 6.25. The number of nitrogens with two attached hydrogens (primary N) is 1. The van der Waals surface area contributed by atoms with E-state index in [9.17, 15) is 9.18 Å². The normalized spacial score (nSPS) is 10.5. The van der Waals surface area contributed by atoms with Crippen molar-refractivity contribution in [3.8, 4) is 0 Å². The molecule has 0 fully saturated rings. The van der Waals surface area contributed by atoms with Gasteiger partial charge in [-0.25, -0.2) is 4.39 Å². The number of hydrogen-bond donors (Lipinski definition) is 1. The Morgan fingerprint density at radius 3 is 2.47 bits per heavy atom. The third-order valence-electron chi connectivity index (χ3n) is 2.69. The molecule has 0 spiro atoms. The molecule has 19 heavy (non-hydrogen) atoms. The lowest BCUT2D eigenvalue weighted by Crippen LogP contribution is -2.04. The molecule has 0 radical (unpaired) electrons. The maximum absolute atomic E-state index is 12.9. The molecule has 5 heteroatoms. The molecule has 0 aliphatic carbocycles.